The molecule has 3 heteroatoms. The van der Waals surface area contributed by atoms with E-state index in [4.69, 9.17) is 0 Å². The van der Waals surface area contributed by atoms with Crippen LogP contribution in [0.5, 0.6) is 11.5 Å². The SMILES string of the molecule is CCCCc1cccc(Sc2cccc(CCCC)c2O)c1O. The molecule has 124 valence electrons. The monoisotopic (exact) mass is 330 g/mol. The smallest absolute Gasteiger partial charge is 0.132 e. The topological polar surface area (TPSA) is 40.5 Å². The molecule has 2 aromatic rings. The van der Waals surface area contributed by atoms with Gasteiger partial charge in [0.25, 0.3) is 0 Å². The quantitative estimate of drug-likeness (QED) is 0.630. The van der Waals surface area contributed by atoms with Crippen LogP contribution in [0.4, 0.5) is 0 Å². The predicted molar refractivity (Wildman–Crippen MR) is 97.6 cm³/mol. The average Bonchev–Trinajstić information content (AvgIpc) is 2.56. The second-order valence-electron chi connectivity index (χ2n) is 5.84. The number of rotatable bonds is 8. The fourth-order valence-corrected chi connectivity index (χ4v) is 3.54. The minimum absolute atomic E-state index is 0.351. The normalized spacial score (nSPS) is 10.9. The van der Waals surface area contributed by atoms with E-state index in [1.54, 1.807) is 0 Å². The number of aromatic hydroxyl groups is 2. The zero-order chi connectivity index (χ0) is 16.7. The molecular formula is C20H26O2S. The zero-order valence-electron chi connectivity index (χ0n) is 14.0. The molecule has 0 saturated carbocycles. The van der Waals surface area contributed by atoms with Crippen molar-refractivity contribution in [2.45, 2.75) is 62.2 Å². The first kappa shape index (κ1) is 17.7. The fourth-order valence-electron chi connectivity index (χ4n) is 2.56. The highest BCUT2D eigenvalue weighted by molar-refractivity contribution is 7.99. The molecule has 0 aliphatic carbocycles. The van der Waals surface area contributed by atoms with Crippen molar-refractivity contribution in [3.05, 3.63) is 47.5 Å². The van der Waals surface area contributed by atoms with Crippen LogP contribution < -0.4 is 0 Å². The van der Waals surface area contributed by atoms with E-state index in [9.17, 15) is 10.2 Å². The number of phenolic OH excluding ortho intramolecular Hbond substituents is 2. The van der Waals surface area contributed by atoms with Crippen LogP contribution in [0, 0.1) is 0 Å². The molecule has 0 heterocycles. The van der Waals surface area contributed by atoms with Crippen LogP contribution in [0.3, 0.4) is 0 Å². The summed E-state index contributed by atoms with van der Waals surface area (Å²) in [6.07, 6.45) is 6.13. The Morgan fingerprint density at radius 1 is 0.739 bits per heavy atom. The summed E-state index contributed by atoms with van der Waals surface area (Å²) in [7, 11) is 0. The third kappa shape index (κ3) is 4.68. The van der Waals surface area contributed by atoms with Gasteiger partial charge in [0.15, 0.2) is 0 Å². The summed E-state index contributed by atoms with van der Waals surface area (Å²) in [5, 5.41) is 21.0. The summed E-state index contributed by atoms with van der Waals surface area (Å²) in [6, 6.07) is 11.7. The molecule has 0 bridgehead atoms. The molecule has 0 unspecified atom stereocenters. The van der Waals surface area contributed by atoms with Crippen LogP contribution in [-0.2, 0) is 12.8 Å². The van der Waals surface area contributed by atoms with E-state index in [1.807, 2.05) is 36.4 Å². The van der Waals surface area contributed by atoms with Gasteiger partial charge in [-0.25, -0.2) is 0 Å². The predicted octanol–water partition coefficient (Wildman–Crippen LogP) is 5.93. The van der Waals surface area contributed by atoms with E-state index >= 15 is 0 Å². The lowest BCUT2D eigenvalue weighted by molar-refractivity contribution is 0.451. The van der Waals surface area contributed by atoms with Gasteiger partial charge in [-0.3, -0.25) is 0 Å². The largest absolute Gasteiger partial charge is 0.506 e. The molecule has 0 aliphatic rings. The van der Waals surface area contributed by atoms with Gasteiger partial charge in [-0.15, -0.1) is 0 Å². The lowest BCUT2D eigenvalue weighted by atomic mass is 10.1. The van der Waals surface area contributed by atoms with Gasteiger partial charge in [0.1, 0.15) is 11.5 Å². The lowest BCUT2D eigenvalue weighted by Gasteiger charge is -2.12. The van der Waals surface area contributed by atoms with E-state index in [0.717, 1.165) is 59.4 Å². The van der Waals surface area contributed by atoms with E-state index in [2.05, 4.69) is 13.8 Å². The van der Waals surface area contributed by atoms with Gasteiger partial charge in [0, 0.05) is 0 Å². The van der Waals surface area contributed by atoms with Crippen LogP contribution in [-0.4, -0.2) is 10.2 Å². The van der Waals surface area contributed by atoms with Crippen molar-refractivity contribution < 1.29 is 10.2 Å². The first-order valence-corrected chi connectivity index (χ1v) is 9.28. The first-order chi connectivity index (χ1) is 11.2. The Bertz CT molecular complexity index is 582. The lowest BCUT2D eigenvalue weighted by Crippen LogP contribution is -1.89. The molecule has 0 fully saturated rings. The van der Waals surface area contributed by atoms with E-state index in [0.29, 0.717) is 11.5 Å². The van der Waals surface area contributed by atoms with Crippen LogP contribution >= 0.6 is 11.8 Å². The van der Waals surface area contributed by atoms with E-state index in [-0.39, 0.29) is 0 Å². The van der Waals surface area contributed by atoms with Crippen LogP contribution in [0.2, 0.25) is 0 Å². The highest BCUT2D eigenvalue weighted by atomic mass is 32.2. The van der Waals surface area contributed by atoms with Crippen molar-refractivity contribution in [3.63, 3.8) is 0 Å². The van der Waals surface area contributed by atoms with Crippen molar-refractivity contribution in [3.8, 4) is 11.5 Å². The molecule has 2 rings (SSSR count). The van der Waals surface area contributed by atoms with Crippen LogP contribution in [0.25, 0.3) is 0 Å². The van der Waals surface area contributed by atoms with Crippen molar-refractivity contribution >= 4 is 11.8 Å². The van der Waals surface area contributed by atoms with Gasteiger partial charge in [-0.2, -0.15) is 0 Å². The number of hydrogen-bond donors (Lipinski definition) is 2. The molecule has 0 radical (unpaired) electrons. The third-order valence-electron chi connectivity index (χ3n) is 3.98. The molecule has 0 atom stereocenters. The standard InChI is InChI=1S/C20H26O2S/c1-3-5-9-15-11-7-13-17(19(15)21)23-18-14-8-12-16(20(18)22)10-6-4-2/h7-8,11-14,21-22H,3-6,9-10H2,1-2H3. The van der Waals surface area contributed by atoms with Crippen molar-refractivity contribution in [1.29, 1.82) is 0 Å². The van der Waals surface area contributed by atoms with Crippen molar-refractivity contribution in [2.75, 3.05) is 0 Å². The third-order valence-corrected chi connectivity index (χ3v) is 5.08. The Labute approximate surface area is 143 Å². The van der Waals surface area contributed by atoms with Crippen molar-refractivity contribution in [2.24, 2.45) is 0 Å². The number of hydrogen-bond acceptors (Lipinski definition) is 3. The summed E-state index contributed by atoms with van der Waals surface area (Å²) >= 11 is 1.44. The second-order valence-corrected chi connectivity index (χ2v) is 6.92. The highest BCUT2D eigenvalue weighted by Crippen LogP contribution is 2.41. The molecule has 2 N–H and O–H groups in total. The van der Waals surface area contributed by atoms with E-state index in [1.165, 1.54) is 11.8 Å². The summed E-state index contributed by atoms with van der Waals surface area (Å²) in [5.41, 5.74) is 1.97. The van der Waals surface area contributed by atoms with Crippen molar-refractivity contribution in [1.82, 2.24) is 0 Å². The highest BCUT2D eigenvalue weighted by Gasteiger charge is 2.12. The minimum Gasteiger partial charge on any atom is -0.506 e. The summed E-state index contributed by atoms with van der Waals surface area (Å²) in [6.45, 7) is 4.30. The summed E-state index contributed by atoms with van der Waals surface area (Å²) in [5.74, 6) is 0.702. The Hall–Kier alpha value is -1.61. The molecule has 2 aromatic carbocycles. The first-order valence-electron chi connectivity index (χ1n) is 8.46. The molecule has 0 aliphatic heterocycles. The van der Waals surface area contributed by atoms with E-state index < -0.39 is 0 Å². The number of para-hydroxylation sites is 2. The molecule has 0 amide bonds. The van der Waals surface area contributed by atoms with Crippen LogP contribution in [0.1, 0.15) is 50.7 Å². The molecule has 23 heavy (non-hydrogen) atoms. The number of unbranched alkanes of at least 4 members (excludes halogenated alkanes) is 2. The zero-order valence-corrected chi connectivity index (χ0v) is 14.8. The van der Waals surface area contributed by atoms with Gasteiger partial charge in [-0.1, -0.05) is 62.7 Å². The Kier molecular flexibility index (Phi) is 6.85. The molecule has 2 nitrogen and oxygen atoms in total. The molecule has 0 saturated heterocycles. The second kappa shape index (κ2) is 8.88. The minimum atomic E-state index is 0.351. The number of aryl methyl sites for hydroxylation is 2. The van der Waals surface area contributed by atoms with Gasteiger partial charge >= 0.3 is 0 Å². The fraction of sp³-hybridized carbons (Fsp3) is 0.400. The van der Waals surface area contributed by atoms with Crippen LogP contribution in [0.15, 0.2) is 46.2 Å². The summed E-state index contributed by atoms with van der Waals surface area (Å²) < 4.78 is 0. The molecule has 0 spiro atoms. The maximum atomic E-state index is 10.5. The number of phenols is 2. The maximum Gasteiger partial charge on any atom is 0.132 e. The Balaban J connectivity index is 2.22. The molecule has 0 aromatic heterocycles. The van der Waals surface area contributed by atoms with Gasteiger partial charge in [0.2, 0.25) is 0 Å². The Morgan fingerprint density at radius 3 is 1.57 bits per heavy atom. The Morgan fingerprint density at radius 2 is 1.17 bits per heavy atom. The maximum absolute atomic E-state index is 10.5. The summed E-state index contributed by atoms with van der Waals surface area (Å²) in [4.78, 5) is 1.61. The van der Waals surface area contributed by atoms with Gasteiger partial charge < -0.3 is 10.2 Å². The van der Waals surface area contributed by atoms with Gasteiger partial charge in [0.05, 0.1) is 9.79 Å². The number of benzene rings is 2. The average molecular weight is 330 g/mol. The molecular weight excluding hydrogens is 304 g/mol. The van der Waals surface area contributed by atoms with Gasteiger partial charge in [-0.05, 0) is 48.9 Å².